The standard InChI is InChI=1S/C16H13ClN6O2/c17-12-5-3-11(4-6-12)8-19-15-14(23(24)25)16(21-10-20-15)22-13-2-1-7-18-9-13/h1-7,9-10H,8H2,(H2,19,20,21,22). The zero-order valence-electron chi connectivity index (χ0n) is 12.9. The quantitative estimate of drug-likeness (QED) is 0.511. The van der Waals surface area contributed by atoms with Crippen molar-refractivity contribution in [2.45, 2.75) is 6.54 Å². The van der Waals surface area contributed by atoms with Gasteiger partial charge in [0.1, 0.15) is 6.33 Å². The van der Waals surface area contributed by atoms with Gasteiger partial charge in [-0.05, 0) is 29.8 Å². The van der Waals surface area contributed by atoms with Crippen LogP contribution in [0.15, 0.2) is 55.1 Å². The lowest BCUT2D eigenvalue weighted by Gasteiger charge is -2.10. The Labute approximate surface area is 148 Å². The Bertz CT molecular complexity index is 874. The van der Waals surface area contributed by atoms with Gasteiger partial charge in [0.2, 0.25) is 11.6 Å². The van der Waals surface area contributed by atoms with Crippen molar-refractivity contribution in [1.82, 2.24) is 15.0 Å². The van der Waals surface area contributed by atoms with E-state index in [4.69, 9.17) is 11.6 Å². The van der Waals surface area contributed by atoms with Crippen molar-refractivity contribution in [3.63, 3.8) is 0 Å². The highest BCUT2D eigenvalue weighted by molar-refractivity contribution is 6.30. The van der Waals surface area contributed by atoms with Gasteiger partial charge in [0.05, 0.1) is 16.8 Å². The minimum atomic E-state index is -0.525. The normalized spacial score (nSPS) is 10.3. The molecule has 0 unspecified atom stereocenters. The van der Waals surface area contributed by atoms with Crippen molar-refractivity contribution in [2.24, 2.45) is 0 Å². The molecule has 8 nitrogen and oxygen atoms in total. The second-order valence-electron chi connectivity index (χ2n) is 5.02. The average Bonchev–Trinajstić information content (AvgIpc) is 2.62. The Balaban J connectivity index is 1.84. The smallest absolute Gasteiger partial charge is 0.353 e. The second kappa shape index (κ2) is 7.54. The third-order valence-corrected chi connectivity index (χ3v) is 3.55. The number of nitrogens with one attached hydrogen (secondary N) is 2. The van der Waals surface area contributed by atoms with Crippen molar-refractivity contribution < 1.29 is 4.92 Å². The van der Waals surface area contributed by atoms with Gasteiger partial charge in [0.15, 0.2) is 0 Å². The van der Waals surface area contributed by atoms with E-state index < -0.39 is 4.92 Å². The molecule has 25 heavy (non-hydrogen) atoms. The molecule has 0 aliphatic heterocycles. The monoisotopic (exact) mass is 356 g/mol. The molecule has 3 rings (SSSR count). The Morgan fingerprint density at radius 1 is 1.12 bits per heavy atom. The third-order valence-electron chi connectivity index (χ3n) is 3.30. The highest BCUT2D eigenvalue weighted by Gasteiger charge is 2.23. The van der Waals surface area contributed by atoms with Crippen LogP contribution in [0.25, 0.3) is 0 Å². The van der Waals surface area contributed by atoms with Crippen molar-refractivity contribution in [1.29, 1.82) is 0 Å². The van der Waals surface area contributed by atoms with E-state index in [0.29, 0.717) is 17.3 Å². The van der Waals surface area contributed by atoms with Gasteiger partial charge in [0.25, 0.3) is 0 Å². The lowest BCUT2D eigenvalue weighted by atomic mass is 10.2. The van der Waals surface area contributed by atoms with Gasteiger partial charge in [-0.25, -0.2) is 9.97 Å². The molecule has 9 heteroatoms. The summed E-state index contributed by atoms with van der Waals surface area (Å²) >= 11 is 5.85. The molecule has 0 amide bonds. The zero-order valence-corrected chi connectivity index (χ0v) is 13.6. The van der Waals surface area contributed by atoms with Gasteiger partial charge < -0.3 is 10.6 Å². The van der Waals surface area contributed by atoms with Crippen molar-refractivity contribution >= 4 is 34.6 Å². The van der Waals surface area contributed by atoms with Crippen LogP contribution in [0.4, 0.5) is 23.0 Å². The molecule has 2 N–H and O–H groups in total. The molecule has 0 radical (unpaired) electrons. The molecule has 0 aliphatic rings. The fraction of sp³-hybridized carbons (Fsp3) is 0.0625. The number of hydrogen-bond donors (Lipinski definition) is 2. The lowest BCUT2D eigenvalue weighted by Crippen LogP contribution is -2.08. The molecule has 0 saturated carbocycles. The van der Waals surface area contributed by atoms with Crippen LogP contribution in [-0.2, 0) is 6.54 Å². The SMILES string of the molecule is O=[N+]([O-])c1c(NCc2ccc(Cl)cc2)ncnc1Nc1cccnc1. The first-order valence-corrected chi connectivity index (χ1v) is 7.66. The fourth-order valence-electron chi connectivity index (χ4n) is 2.13. The van der Waals surface area contributed by atoms with E-state index in [0.717, 1.165) is 5.56 Å². The number of rotatable bonds is 6. The van der Waals surface area contributed by atoms with Gasteiger partial charge in [-0.3, -0.25) is 15.1 Å². The Hall–Kier alpha value is -3.26. The van der Waals surface area contributed by atoms with Gasteiger partial charge >= 0.3 is 5.69 Å². The van der Waals surface area contributed by atoms with Gasteiger partial charge in [-0.1, -0.05) is 23.7 Å². The third kappa shape index (κ3) is 4.18. The second-order valence-corrected chi connectivity index (χ2v) is 5.46. The molecular formula is C16H13ClN6O2. The Morgan fingerprint density at radius 2 is 1.88 bits per heavy atom. The largest absolute Gasteiger partial charge is 0.360 e. The molecule has 0 bridgehead atoms. The van der Waals surface area contributed by atoms with E-state index in [1.165, 1.54) is 6.33 Å². The van der Waals surface area contributed by atoms with Crippen LogP contribution in [0, 0.1) is 10.1 Å². The number of halogens is 1. The van der Waals surface area contributed by atoms with E-state index in [1.54, 1.807) is 36.7 Å². The van der Waals surface area contributed by atoms with E-state index in [9.17, 15) is 10.1 Å². The molecule has 1 aromatic carbocycles. The first kappa shape index (κ1) is 16.6. The number of nitrogens with zero attached hydrogens (tertiary/aromatic N) is 4. The molecule has 2 heterocycles. The molecule has 0 atom stereocenters. The molecule has 0 aliphatic carbocycles. The van der Waals surface area contributed by atoms with E-state index in [1.807, 2.05) is 12.1 Å². The van der Waals surface area contributed by atoms with Crippen LogP contribution in [0.1, 0.15) is 5.56 Å². The van der Waals surface area contributed by atoms with Crippen LogP contribution in [0.3, 0.4) is 0 Å². The number of aromatic nitrogens is 3. The zero-order chi connectivity index (χ0) is 17.6. The van der Waals surface area contributed by atoms with Crippen LogP contribution < -0.4 is 10.6 Å². The molecular weight excluding hydrogens is 344 g/mol. The summed E-state index contributed by atoms with van der Waals surface area (Å²) in [6.45, 7) is 0.362. The molecule has 2 aromatic heterocycles. The Kier molecular flexibility index (Phi) is 5.00. The summed E-state index contributed by atoms with van der Waals surface area (Å²) < 4.78 is 0. The number of anilines is 3. The first-order valence-electron chi connectivity index (χ1n) is 7.28. The summed E-state index contributed by atoms with van der Waals surface area (Å²) in [5, 5.41) is 18.0. The van der Waals surface area contributed by atoms with Crippen LogP contribution >= 0.6 is 11.6 Å². The molecule has 3 aromatic rings. The topological polar surface area (TPSA) is 106 Å². The summed E-state index contributed by atoms with van der Waals surface area (Å²) in [4.78, 5) is 22.9. The summed E-state index contributed by atoms with van der Waals surface area (Å²) in [5.41, 5.74) is 1.27. The maximum absolute atomic E-state index is 11.5. The summed E-state index contributed by atoms with van der Waals surface area (Å²) in [5.74, 6) is 0.216. The van der Waals surface area contributed by atoms with Gasteiger partial charge in [-0.2, -0.15) is 0 Å². The summed E-state index contributed by atoms with van der Waals surface area (Å²) in [6.07, 6.45) is 4.42. The molecule has 0 saturated heterocycles. The average molecular weight is 357 g/mol. The van der Waals surface area contributed by atoms with Crippen molar-refractivity contribution in [3.8, 4) is 0 Å². The first-order chi connectivity index (χ1) is 12.1. The maximum Gasteiger partial charge on any atom is 0.353 e. The maximum atomic E-state index is 11.5. The number of pyridine rings is 1. The molecule has 0 fully saturated rings. The highest BCUT2D eigenvalue weighted by atomic mass is 35.5. The van der Waals surface area contributed by atoms with Crippen molar-refractivity contribution in [2.75, 3.05) is 10.6 Å². The number of hydrogen-bond acceptors (Lipinski definition) is 7. The van der Waals surface area contributed by atoms with Gasteiger partial charge in [-0.15, -0.1) is 0 Å². The number of nitro groups is 1. The van der Waals surface area contributed by atoms with Gasteiger partial charge in [0, 0.05) is 17.8 Å². The predicted octanol–water partition coefficient (Wildman–Crippen LogP) is 3.79. The van der Waals surface area contributed by atoms with Crippen LogP contribution in [-0.4, -0.2) is 19.9 Å². The van der Waals surface area contributed by atoms with E-state index in [2.05, 4.69) is 25.6 Å². The van der Waals surface area contributed by atoms with E-state index >= 15 is 0 Å². The highest BCUT2D eigenvalue weighted by Crippen LogP contribution is 2.31. The van der Waals surface area contributed by atoms with E-state index in [-0.39, 0.29) is 17.3 Å². The summed E-state index contributed by atoms with van der Waals surface area (Å²) in [7, 11) is 0. The fourth-order valence-corrected chi connectivity index (χ4v) is 2.26. The van der Waals surface area contributed by atoms with Crippen molar-refractivity contribution in [3.05, 3.63) is 75.8 Å². The minimum absolute atomic E-state index is 0.0895. The number of benzene rings is 1. The van der Waals surface area contributed by atoms with Crippen LogP contribution in [0.2, 0.25) is 5.02 Å². The predicted molar refractivity (Wildman–Crippen MR) is 95.0 cm³/mol. The lowest BCUT2D eigenvalue weighted by molar-refractivity contribution is -0.383. The Morgan fingerprint density at radius 3 is 2.56 bits per heavy atom. The van der Waals surface area contributed by atoms with Crippen LogP contribution in [0.5, 0.6) is 0 Å². The summed E-state index contributed by atoms with van der Waals surface area (Å²) in [6, 6.07) is 10.6. The molecule has 0 spiro atoms. The molecule has 126 valence electrons. The minimum Gasteiger partial charge on any atom is -0.360 e.